The summed E-state index contributed by atoms with van der Waals surface area (Å²) < 4.78 is 11.6. The number of nitrogens with one attached hydrogen (secondary N) is 1. The fourth-order valence-corrected chi connectivity index (χ4v) is 3.90. The van der Waals surface area contributed by atoms with Crippen LogP contribution in [0.1, 0.15) is 43.6 Å². The number of carbonyl (C=O) groups excluding carboxylic acids is 1. The molecule has 6 nitrogen and oxygen atoms in total. The third kappa shape index (κ3) is 3.92. The van der Waals surface area contributed by atoms with Crippen molar-refractivity contribution in [1.82, 2.24) is 10.5 Å². The third-order valence-electron chi connectivity index (χ3n) is 5.76. The van der Waals surface area contributed by atoms with E-state index in [0.29, 0.717) is 12.6 Å². The zero-order chi connectivity index (χ0) is 19.7. The Morgan fingerprint density at radius 2 is 2.11 bits per heavy atom. The summed E-state index contributed by atoms with van der Waals surface area (Å²) in [7, 11) is 1.85. The standard InChI is InChI=1S/C22H29N3O3/c1-14-21(15(2)28-24-14)19-12-18(25(3)22(26)16-7-8-16)9-10-20(19)27-13-17-6-4-5-11-23-17/h9-10,12,16-17,23H,4-8,11,13H2,1-3H3/t17-/m1/s1. The molecule has 1 amide bonds. The van der Waals surface area contributed by atoms with Crippen LogP contribution in [0.15, 0.2) is 22.7 Å². The average molecular weight is 383 g/mol. The molecule has 0 spiro atoms. The van der Waals surface area contributed by atoms with Gasteiger partial charge in [-0.05, 0) is 64.3 Å². The van der Waals surface area contributed by atoms with Gasteiger partial charge in [-0.1, -0.05) is 11.6 Å². The summed E-state index contributed by atoms with van der Waals surface area (Å²) in [5, 5.41) is 7.63. The Morgan fingerprint density at radius 1 is 1.29 bits per heavy atom. The molecule has 0 bridgehead atoms. The van der Waals surface area contributed by atoms with Gasteiger partial charge in [-0.2, -0.15) is 0 Å². The van der Waals surface area contributed by atoms with Crippen LogP contribution in [0.4, 0.5) is 5.69 Å². The Hall–Kier alpha value is -2.34. The first kappa shape index (κ1) is 19.0. The second-order valence-electron chi connectivity index (χ2n) is 8.01. The molecule has 0 unspecified atom stereocenters. The number of anilines is 1. The van der Waals surface area contributed by atoms with E-state index >= 15 is 0 Å². The molecular weight excluding hydrogens is 354 g/mol. The van der Waals surface area contributed by atoms with E-state index in [1.54, 1.807) is 4.90 Å². The molecule has 2 aromatic rings. The highest BCUT2D eigenvalue weighted by Crippen LogP contribution is 2.39. The lowest BCUT2D eigenvalue weighted by Gasteiger charge is -2.25. The van der Waals surface area contributed by atoms with E-state index in [1.807, 2.05) is 39.1 Å². The number of amides is 1. The SMILES string of the molecule is Cc1noc(C)c1-c1cc(N(C)C(=O)C2CC2)ccc1OC[C@H]1CCCCN1. The molecule has 1 aliphatic heterocycles. The molecular formula is C22H29N3O3. The molecule has 6 heteroatoms. The number of hydrogen-bond donors (Lipinski definition) is 1. The van der Waals surface area contributed by atoms with Crippen LogP contribution in [-0.4, -0.2) is 37.3 Å². The normalized spacial score (nSPS) is 19.5. The van der Waals surface area contributed by atoms with Crippen molar-refractivity contribution in [1.29, 1.82) is 0 Å². The second kappa shape index (κ2) is 7.95. The lowest BCUT2D eigenvalue weighted by molar-refractivity contribution is -0.119. The number of carbonyl (C=O) groups is 1. The summed E-state index contributed by atoms with van der Waals surface area (Å²) in [6.07, 6.45) is 5.60. The zero-order valence-corrected chi connectivity index (χ0v) is 17.0. The van der Waals surface area contributed by atoms with Crippen molar-refractivity contribution in [3.63, 3.8) is 0 Å². The van der Waals surface area contributed by atoms with Gasteiger partial charge >= 0.3 is 0 Å². The van der Waals surface area contributed by atoms with Crippen LogP contribution in [0.3, 0.4) is 0 Å². The van der Waals surface area contributed by atoms with Gasteiger partial charge in [0.2, 0.25) is 5.91 Å². The molecule has 0 radical (unpaired) electrons. The number of aryl methyl sites for hydroxylation is 2. The summed E-state index contributed by atoms with van der Waals surface area (Å²) in [6, 6.07) is 6.34. The number of rotatable bonds is 6. The molecule has 1 aromatic heterocycles. The van der Waals surface area contributed by atoms with Crippen LogP contribution in [-0.2, 0) is 4.79 Å². The molecule has 2 fully saturated rings. The maximum atomic E-state index is 12.5. The summed E-state index contributed by atoms with van der Waals surface area (Å²) in [5.74, 6) is 1.93. The minimum Gasteiger partial charge on any atom is -0.491 e. The first-order valence-electron chi connectivity index (χ1n) is 10.3. The van der Waals surface area contributed by atoms with Crippen LogP contribution >= 0.6 is 0 Å². The van der Waals surface area contributed by atoms with Crippen LogP contribution < -0.4 is 15.0 Å². The predicted molar refractivity (Wildman–Crippen MR) is 109 cm³/mol. The van der Waals surface area contributed by atoms with E-state index in [0.717, 1.165) is 59.8 Å². The molecule has 1 N–H and O–H groups in total. The zero-order valence-electron chi connectivity index (χ0n) is 17.0. The second-order valence-corrected chi connectivity index (χ2v) is 8.01. The van der Waals surface area contributed by atoms with Gasteiger partial charge in [0.1, 0.15) is 18.1 Å². The summed E-state index contributed by atoms with van der Waals surface area (Å²) >= 11 is 0. The molecule has 1 aromatic carbocycles. The predicted octanol–water partition coefficient (Wildman–Crippen LogP) is 3.85. The molecule has 1 aliphatic carbocycles. The summed E-state index contributed by atoms with van der Waals surface area (Å²) in [5.41, 5.74) is 3.57. The van der Waals surface area contributed by atoms with Gasteiger partial charge in [0.25, 0.3) is 0 Å². The van der Waals surface area contributed by atoms with Crippen molar-refractivity contribution in [3.05, 3.63) is 29.7 Å². The van der Waals surface area contributed by atoms with Gasteiger partial charge in [-0.25, -0.2) is 0 Å². The average Bonchev–Trinajstić information content (AvgIpc) is 3.51. The fourth-order valence-electron chi connectivity index (χ4n) is 3.90. The molecule has 1 saturated heterocycles. The third-order valence-corrected chi connectivity index (χ3v) is 5.76. The Morgan fingerprint density at radius 3 is 2.75 bits per heavy atom. The van der Waals surface area contributed by atoms with Crippen LogP contribution in [0, 0.1) is 19.8 Å². The minimum atomic E-state index is 0.181. The van der Waals surface area contributed by atoms with Crippen molar-refractivity contribution >= 4 is 11.6 Å². The highest BCUT2D eigenvalue weighted by molar-refractivity contribution is 5.97. The highest BCUT2D eigenvalue weighted by Gasteiger charge is 2.33. The van der Waals surface area contributed by atoms with E-state index in [9.17, 15) is 4.79 Å². The monoisotopic (exact) mass is 383 g/mol. The Bertz CT molecular complexity index is 831. The van der Waals surface area contributed by atoms with Crippen LogP contribution in [0.5, 0.6) is 5.75 Å². The number of hydrogen-bond acceptors (Lipinski definition) is 5. The fraction of sp³-hybridized carbons (Fsp3) is 0.545. The van der Waals surface area contributed by atoms with Crippen molar-refractivity contribution in [2.45, 2.75) is 52.0 Å². The van der Waals surface area contributed by atoms with Crippen LogP contribution in [0.2, 0.25) is 0 Å². The lowest BCUT2D eigenvalue weighted by Crippen LogP contribution is -2.38. The summed E-state index contributed by atoms with van der Waals surface area (Å²) in [4.78, 5) is 14.3. The Kier molecular flexibility index (Phi) is 5.40. The van der Waals surface area contributed by atoms with Gasteiger partial charge < -0.3 is 19.5 Å². The largest absolute Gasteiger partial charge is 0.491 e. The van der Waals surface area contributed by atoms with E-state index in [1.165, 1.54) is 12.8 Å². The minimum absolute atomic E-state index is 0.181. The maximum Gasteiger partial charge on any atom is 0.229 e. The molecule has 4 rings (SSSR count). The topological polar surface area (TPSA) is 67.6 Å². The molecule has 1 saturated carbocycles. The van der Waals surface area contributed by atoms with Gasteiger partial charge in [0, 0.05) is 30.3 Å². The number of ether oxygens (including phenoxy) is 1. The number of piperidine rings is 1. The quantitative estimate of drug-likeness (QED) is 0.821. The van der Waals surface area contributed by atoms with Crippen molar-refractivity contribution in [2.75, 3.05) is 25.1 Å². The lowest BCUT2D eigenvalue weighted by atomic mass is 10.0. The molecule has 2 heterocycles. The molecule has 28 heavy (non-hydrogen) atoms. The van der Waals surface area contributed by atoms with Gasteiger partial charge in [-0.3, -0.25) is 4.79 Å². The Labute approximate surface area is 166 Å². The van der Waals surface area contributed by atoms with Gasteiger partial charge in [-0.15, -0.1) is 0 Å². The molecule has 1 atom stereocenters. The smallest absolute Gasteiger partial charge is 0.229 e. The number of aromatic nitrogens is 1. The van der Waals surface area contributed by atoms with Crippen molar-refractivity contribution in [2.24, 2.45) is 5.92 Å². The van der Waals surface area contributed by atoms with Gasteiger partial charge in [0.15, 0.2) is 0 Å². The van der Waals surface area contributed by atoms with Gasteiger partial charge in [0.05, 0.1) is 11.3 Å². The molecule has 2 aliphatic rings. The van der Waals surface area contributed by atoms with Crippen molar-refractivity contribution in [3.8, 4) is 16.9 Å². The van der Waals surface area contributed by atoms with E-state index in [2.05, 4.69) is 10.5 Å². The first-order valence-corrected chi connectivity index (χ1v) is 10.3. The maximum absolute atomic E-state index is 12.5. The van der Waals surface area contributed by atoms with E-state index in [-0.39, 0.29) is 11.8 Å². The highest BCUT2D eigenvalue weighted by atomic mass is 16.5. The number of benzene rings is 1. The van der Waals surface area contributed by atoms with Crippen molar-refractivity contribution < 1.29 is 14.1 Å². The first-order chi connectivity index (χ1) is 13.5. The molecule has 150 valence electrons. The van der Waals surface area contributed by atoms with Crippen LogP contribution in [0.25, 0.3) is 11.1 Å². The Balaban J connectivity index is 1.63. The summed E-state index contributed by atoms with van der Waals surface area (Å²) in [6.45, 7) is 5.53. The van der Waals surface area contributed by atoms with E-state index < -0.39 is 0 Å². The van der Waals surface area contributed by atoms with E-state index in [4.69, 9.17) is 9.26 Å². The number of nitrogens with zero attached hydrogens (tertiary/aromatic N) is 2.